The Labute approximate surface area is 174 Å². The van der Waals surface area contributed by atoms with Gasteiger partial charge in [0, 0.05) is 33.2 Å². The first-order valence-electron chi connectivity index (χ1n) is 9.30. The summed E-state index contributed by atoms with van der Waals surface area (Å²) in [5.41, 5.74) is 7.20. The van der Waals surface area contributed by atoms with Crippen molar-refractivity contribution in [2.24, 2.45) is 5.10 Å². The molecule has 4 nitrogen and oxygen atoms in total. The van der Waals surface area contributed by atoms with Crippen LogP contribution in [0.3, 0.4) is 0 Å². The number of fused-ring (bicyclic) bond motifs is 1. The topological polar surface area (TPSA) is 46.4 Å². The van der Waals surface area contributed by atoms with Gasteiger partial charge in [-0.25, -0.2) is 5.43 Å². The third-order valence-corrected chi connectivity index (χ3v) is 5.15. The minimum Gasteiger partial charge on any atom is -0.318 e. The second-order valence-electron chi connectivity index (χ2n) is 6.90. The molecule has 1 amide bonds. The fourth-order valence-electron chi connectivity index (χ4n) is 3.49. The van der Waals surface area contributed by atoms with Crippen molar-refractivity contribution in [1.29, 1.82) is 0 Å². The lowest BCUT2D eigenvalue weighted by atomic mass is 10.1. The summed E-state index contributed by atoms with van der Waals surface area (Å²) in [5, 5.41) is 6.97. The minimum absolute atomic E-state index is 0.240. The average molecular weight is 402 g/mol. The number of benzene rings is 3. The second kappa shape index (κ2) is 7.94. The Morgan fingerprint density at radius 2 is 1.76 bits per heavy atom. The van der Waals surface area contributed by atoms with E-state index in [4.69, 9.17) is 11.6 Å². The van der Waals surface area contributed by atoms with Crippen molar-refractivity contribution < 1.29 is 4.79 Å². The Morgan fingerprint density at radius 3 is 2.55 bits per heavy atom. The number of nitrogens with zero attached hydrogens (tertiary/aromatic N) is 2. The number of carbonyl (C=O) groups excluding carboxylic acids is 1. The Hall–Kier alpha value is -3.37. The molecule has 5 heteroatoms. The SMILES string of the molecule is Cc1cc(C=NNC(=O)c2ccc3ccccc3c2)c(C)n1-c1cccc(Cl)c1. The predicted octanol–water partition coefficient (Wildman–Crippen LogP) is 5.66. The maximum Gasteiger partial charge on any atom is 0.271 e. The molecule has 4 aromatic rings. The van der Waals surface area contributed by atoms with Crippen LogP contribution in [0.25, 0.3) is 16.5 Å². The summed E-state index contributed by atoms with van der Waals surface area (Å²) in [5.74, 6) is -0.240. The first-order valence-corrected chi connectivity index (χ1v) is 9.68. The van der Waals surface area contributed by atoms with Crippen LogP contribution in [0.15, 0.2) is 77.9 Å². The zero-order valence-corrected chi connectivity index (χ0v) is 16.9. The van der Waals surface area contributed by atoms with E-state index in [9.17, 15) is 4.79 Å². The normalized spacial score (nSPS) is 11.3. The van der Waals surface area contributed by atoms with Crippen molar-refractivity contribution in [2.45, 2.75) is 13.8 Å². The molecule has 0 aliphatic heterocycles. The van der Waals surface area contributed by atoms with Gasteiger partial charge in [-0.05, 0) is 61.0 Å². The van der Waals surface area contributed by atoms with Gasteiger partial charge in [-0.2, -0.15) is 5.10 Å². The van der Waals surface area contributed by atoms with E-state index in [0.29, 0.717) is 10.6 Å². The van der Waals surface area contributed by atoms with Crippen LogP contribution in [0.5, 0.6) is 0 Å². The highest BCUT2D eigenvalue weighted by Crippen LogP contribution is 2.22. The number of nitrogens with one attached hydrogen (secondary N) is 1. The molecule has 1 aromatic heterocycles. The number of hydrazone groups is 1. The standard InChI is InChI=1S/C24H20ClN3O/c1-16-12-21(17(2)28(16)23-9-5-8-22(25)14-23)15-26-27-24(29)20-11-10-18-6-3-4-7-19(18)13-20/h3-15H,1-2H3,(H,27,29). The lowest BCUT2D eigenvalue weighted by Gasteiger charge is -2.09. The first kappa shape index (κ1) is 19.0. The quantitative estimate of drug-likeness (QED) is 0.348. The highest BCUT2D eigenvalue weighted by atomic mass is 35.5. The molecule has 0 unspecified atom stereocenters. The van der Waals surface area contributed by atoms with Gasteiger partial charge in [0.2, 0.25) is 0 Å². The lowest BCUT2D eigenvalue weighted by Crippen LogP contribution is -2.17. The highest BCUT2D eigenvalue weighted by Gasteiger charge is 2.10. The molecule has 0 saturated heterocycles. The molecule has 0 saturated carbocycles. The number of hydrogen-bond donors (Lipinski definition) is 1. The predicted molar refractivity (Wildman–Crippen MR) is 119 cm³/mol. The Morgan fingerprint density at radius 1 is 0.966 bits per heavy atom. The summed E-state index contributed by atoms with van der Waals surface area (Å²) in [6, 6.07) is 23.3. The van der Waals surface area contributed by atoms with E-state index in [0.717, 1.165) is 33.4 Å². The lowest BCUT2D eigenvalue weighted by molar-refractivity contribution is 0.0955. The number of amides is 1. The molecule has 0 radical (unpaired) electrons. The van der Waals surface area contributed by atoms with E-state index in [2.05, 4.69) is 15.1 Å². The minimum atomic E-state index is -0.240. The van der Waals surface area contributed by atoms with E-state index in [1.807, 2.05) is 80.6 Å². The van der Waals surface area contributed by atoms with Crippen molar-refractivity contribution in [3.8, 4) is 5.69 Å². The van der Waals surface area contributed by atoms with Crippen molar-refractivity contribution in [3.63, 3.8) is 0 Å². The monoisotopic (exact) mass is 401 g/mol. The van der Waals surface area contributed by atoms with Crippen molar-refractivity contribution in [1.82, 2.24) is 9.99 Å². The molecule has 0 fully saturated rings. The van der Waals surface area contributed by atoms with E-state index in [1.54, 1.807) is 12.3 Å². The summed E-state index contributed by atoms with van der Waals surface area (Å²) < 4.78 is 2.11. The molecule has 0 bridgehead atoms. The summed E-state index contributed by atoms with van der Waals surface area (Å²) in [4.78, 5) is 12.4. The maximum atomic E-state index is 12.4. The van der Waals surface area contributed by atoms with Crippen LogP contribution in [0, 0.1) is 13.8 Å². The molecule has 3 aromatic carbocycles. The molecule has 0 atom stereocenters. The number of carbonyl (C=O) groups is 1. The van der Waals surface area contributed by atoms with Crippen LogP contribution in [0.2, 0.25) is 5.02 Å². The number of hydrogen-bond acceptors (Lipinski definition) is 2. The Balaban J connectivity index is 1.53. The Bertz CT molecular complexity index is 1240. The van der Waals surface area contributed by atoms with Gasteiger partial charge in [0.25, 0.3) is 5.91 Å². The molecule has 1 heterocycles. The van der Waals surface area contributed by atoms with Gasteiger partial charge in [-0.15, -0.1) is 0 Å². The van der Waals surface area contributed by atoms with Crippen LogP contribution in [0.4, 0.5) is 0 Å². The summed E-state index contributed by atoms with van der Waals surface area (Å²) >= 11 is 6.13. The van der Waals surface area contributed by atoms with E-state index in [-0.39, 0.29) is 5.91 Å². The molecule has 29 heavy (non-hydrogen) atoms. The third-order valence-electron chi connectivity index (χ3n) is 4.92. The van der Waals surface area contributed by atoms with Gasteiger partial charge in [-0.1, -0.05) is 48.0 Å². The van der Waals surface area contributed by atoms with Gasteiger partial charge < -0.3 is 4.57 Å². The first-order chi connectivity index (χ1) is 14.0. The van der Waals surface area contributed by atoms with Crippen LogP contribution in [-0.2, 0) is 0 Å². The molecular formula is C24H20ClN3O. The van der Waals surface area contributed by atoms with Gasteiger partial charge >= 0.3 is 0 Å². The van der Waals surface area contributed by atoms with Gasteiger partial charge in [-0.3, -0.25) is 4.79 Å². The Kier molecular flexibility index (Phi) is 5.19. The van der Waals surface area contributed by atoms with E-state index in [1.165, 1.54) is 0 Å². The molecule has 144 valence electrons. The number of aromatic nitrogens is 1. The zero-order chi connectivity index (χ0) is 20.4. The van der Waals surface area contributed by atoms with E-state index < -0.39 is 0 Å². The van der Waals surface area contributed by atoms with Gasteiger partial charge in [0.05, 0.1) is 6.21 Å². The summed E-state index contributed by atoms with van der Waals surface area (Å²) in [6.07, 6.45) is 1.67. The number of rotatable bonds is 4. The van der Waals surface area contributed by atoms with Crippen molar-refractivity contribution in [2.75, 3.05) is 0 Å². The fourth-order valence-corrected chi connectivity index (χ4v) is 3.67. The van der Waals surface area contributed by atoms with Crippen LogP contribution in [-0.4, -0.2) is 16.7 Å². The summed E-state index contributed by atoms with van der Waals surface area (Å²) in [6.45, 7) is 4.04. The maximum absolute atomic E-state index is 12.4. The molecular weight excluding hydrogens is 382 g/mol. The van der Waals surface area contributed by atoms with Gasteiger partial charge in [0.1, 0.15) is 0 Å². The van der Waals surface area contributed by atoms with Crippen LogP contribution < -0.4 is 5.43 Å². The van der Waals surface area contributed by atoms with Crippen LogP contribution in [0.1, 0.15) is 27.3 Å². The van der Waals surface area contributed by atoms with Crippen molar-refractivity contribution >= 4 is 34.5 Å². The number of halogens is 1. The third kappa shape index (κ3) is 3.93. The fraction of sp³-hybridized carbons (Fsp3) is 0.0833. The largest absolute Gasteiger partial charge is 0.318 e. The molecule has 0 aliphatic rings. The molecule has 1 N–H and O–H groups in total. The summed E-state index contributed by atoms with van der Waals surface area (Å²) in [7, 11) is 0. The number of aryl methyl sites for hydroxylation is 1. The van der Waals surface area contributed by atoms with Gasteiger partial charge in [0.15, 0.2) is 0 Å². The second-order valence-corrected chi connectivity index (χ2v) is 7.34. The smallest absolute Gasteiger partial charge is 0.271 e. The van der Waals surface area contributed by atoms with Crippen LogP contribution >= 0.6 is 11.6 Å². The molecule has 4 rings (SSSR count). The van der Waals surface area contributed by atoms with Crippen molar-refractivity contribution in [3.05, 3.63) is 100 Å². The average Bonchev–Trinajstić information content (AvgIpc) is 3.00. The van der Waals surface area contributed by atoms with E-state index >= 15 is 0 Å². The highest BCUT2D eigenvalue weighted by molar-refractivity contribution is 6.30. The molecule has 0 aliphatic carbocycles. The zero-order valence-electron chi connectivity index (χ0n) is 16.2. The molecule has 0 spiro atoms.